The van der Waals surface area contributed by atoms with E-state index in [0.717, 1.165) is 18.9 Å². The van der Waals surface area contributed by atoms with E-state index in [1.807, 2.05) is 30.8 Å². The molecule has 2 N–H and O–H groups in total. The summed E-state index contributed by atoms with van der Waals surface area (Å²) in [5.74, 6) is 0.665. The van der Waals surface area contributed by atoms with Gasteiger partial charge in [-0.3, -0.25) is 4.79 Å². The van der Waals surface area contributed by atoms with Crippen LogP contribution in [0.3, 0.4) is 0 Å². The fraction of sp³-hybridized carbons (Fsp3) is 0.571. The van der Waals surface area contributed by atoms with E-state index in [2.05, 4.69) is 21.9 Å². The number of hydrogen-bond acceptors (Lipinski definition) is 4. The van der Waals surface area contributed by atoms with Crippen molar-refractivity contribution in [2.24, 2.45) is 0 Å². The van der Waals surface area contributed by atoms with Crippen molar-refractivity contribution >= 4 is 23.5 Å². The van der Waals surface area contributed by atoms with Crippen LogP contribution >= 0.6 is 11.8 Å². The lowest BCUT2D eigenvalue weighted by Gasteiger charge is -2.40. The third-order valence-corrected chi connectivity index (χ3v) is 5.03. The van der Waals surface area contributed by atoms with Crippen molar-refractivity contribution in [3.63, 3.8) is 0 Å². The molecule has 0 saturated heterocycles. The molecule has 1 heterocycles. The van der Waals surface area contributed by atoms with Crippen LogP contribution < -0.4 is 10.6 Å². The third kappa shape index (κ3) is 3.41. The number of hydrogen-bond donors (Lipinski definition) is 2. The molecule has 0 atom stereocenters. The van der Waals surface area contributed by atoms with Crippen LogP contribution in [0.2, 0.25) is 0 Å². The molecule has 0 unspecified atom stereocenters. The first-order valence-corrected chi connectivity index (χ1v) is 7.96. The second-order valence-corrected chi connectivity index (χ2v) is 6.14. The number of pyridine rings is 1. The minimum atomic E-state index is -0.0833. The summed E-state index contributed by atoms with van der Waals surface area (Å²) in [6, 6.07) is 5.48. The number of anilines is 1. The molecule has 5 heteroatoms. The quantitative estimate of drug-likeness (QED) is 0.840. The van der Waals surface area contributed by atoms with Crippen LogP contribution in [-0.2, 0) is 0 Å². The van der Waals surface area contributed by atoms with Gasteiger partial charge in [-0.1, -0.05) is 12.5 Å². The lowest BCUT2D eigenvalue weighted by atomic mass is 9.84. The van der Waals surface area contributed by atoms with E-state index in [1.54, 1.807) is 6.07 Å². The Kier molecular flexibility index (Phi) is 4.69. The second-order valence-electron chi connectivity index (χ2n) is 4.86. The number of aromatic nitrogens is 1. The third-order valence-electron chi connectivity index (χ3n) is 3.61. The first-order valence-electron chi connectivity index (χ1n) is 6.73. The molecule has 1 aromatic rings. The van der Waals surface area contributed by atoms with Crippen LogP contribution in [0.1, 0.15) is 36.7 Å². The van der Waals surface area contributed by atoms with E-state index < -0.39 is 0 Å². The Morgan fingerprint density at radius 2 is 2.26 bits per heavy atom. The smallest absolute Gasteiger partial charge is 0.270 e. The minimum absolute atomic E-state index is 0.0833. The van der Waals surface area contributed by atoms with Crippen molar-refractivity contribution in [1.29, 1.82) is 0 Å². The van der Waals surface area contributed by atoms with Gasteiger partial charge in [0, 0.05) is 17.8 Å². The van der Waals surface area contributed by atoms with Crippen LogP contribution in [0.25, 0.3) is 0 Å². The van der Waals surface area contributed by atoms with Crippen molar-refractivity contribution in [2.75, 3.05) is 24.7 Å². The van der Waals surface area contributed by atoms with Crippen molar-refractivity contribution in [3.05, 3.63) is 23.9 Å². The highest BCUT2D eigenvalue weighted by atomic mass is 32.2. The molecule has 1 fully saturated rings. The number of nitrogens with zero attached hydrogens (tertiary/aromatic N) is 1. The Morgan fingerprint density at radius 3 is 2.84 bits per heavy atom. The molecule has 0 radical (unpaired) electrons. The molecular formula is C14H21N3OS. The zero-order chi connectivity index (χ0) is 13.7. The van der Waals surface area contributed by atoms with E-state index in [4.69, 9.17) is 0 Å². The molecule has 0 spiro atoms. The first-order chi connectivity index (χ1) is 9.19. The lowest BCUT2D eigenvalue weighted by Crippen LogP contribution is -2.45. The summed E-state index contributed by atoms with van der Waals surface area (Å²) in [6.07, 6.45) is 5.78. The van der Waals surface area contributed by atoms with Gasteiger partial charge < -0.3 is 10.6 Å². The zero-order valence-corrected chi connectivity index (χ0v) is 12.3. The molecule has 1 amide bonds. The van der Waals surface area contributed by atoms with Crippen LogP contribution in [-0.4, -0.2) is 35.0 Å². The number of carbonyl (C=O) groups is 1. The summed E-state index contributed by atoms with van der Waals surface area (Å²) in [5.41, 5.74) is 0.481. The molecule has 1 aromatic heterocycles. The molecule has 19 heavy (non-hydrogen) atoms. The van der Waals surface area contributed by atoms with Crippen molar-refractivity contribution < 1.29 is 4.79 Å². The molecule has 2 rings (SSSR count). The van der Waals surface area contributed by atoms with Crippen LogP contribution in [0, 0.1) is 0 Å². The highest BCUT2D eigenvalue weighted by Gasteiger charge is 2.36. The van der Waals surface area contributed by atoms with Gasteiger partial charge in [0.1, 0.15) is 11.5 Å². The van der Waals surface area contributed by atoms with Gasteiger partial charge in [0.15, 0.2) is 0 Å². The maximum atomic E-state index is 12.1. The van der Waals surface area contributed by atoms with Gasteiger partial charge in [0.2, 0.25) is 0 Å². The monoisotopic (exact) mass is 279 g/mol. The lowest BCUT2D eigenvalue weighted by molar-refractivity contribution is 0.0939. The number of thioether (sulfide) groups is 1. The molecule has 1 aliphatic rings. The molecule has 0 aromatic carbocycles. The van der Waals surface area contributed by atoms with Gasteiger partial charge in [-0.25, -0.2) is 4.98 Å². The van der Waals surface area contributed by atoms with Gasteiger partial charge in [0.25, 0.3) is 5.91 Å². The highest BCUT2D eigenvalue weighted by Crippen LogP contribution is 2.42. The van der Waals surface area contributed by atoms with E-state index in [0.29, 0.717) is 5.69 Å². The Balaban J connectivity index is 1.94. The second kappa shape index (κ2) is 6.28. The summed E-state index contributed by atoms with van der Waals surface area (Å²) in [6.45, 7) is 3.54. The average Bonchev–Trinajstić information content (AvgIpc) is 2.38. The predicted molar refractivity (Wildman–Crippen MR) is 80.8 cm³/mol. The van der Waals surface area contributed by atoms with Gasteiger partial charge >= 0.3 is 0 Å². The molecular weight excluding hydrogens is 258 g/mol. The van der Waals surface area contributed by atoms with E-state index >= 15 is 0 Å². The van der Waals surface area contributed by atoms with Crippen molar-refractivity contribution in [2.45, 2.75) is 30.9 Å². The Hall–Kier alpha value is -1.23. The highest BCUT2D eigenvalue weighted by molar-refractivity contribution is 8.00. The SMILES string of the molecule is CCNc1cccc(C(=O)NCC2(SC)CCC2)n1. The summed E-state index contributed by atoms with van der Waals surface area (Å²) >= 11 is 1.86. The topological polar surface area (TPSA) is 54.0 Å². The van der Waals surface area contributed by atoms with Crippen LogP contribution in [0.4, 0.5) is 5.82 Å². The largest absolute Gasteiger partial charge is 0.370 e. The molecule has 0 bridgehead atoms. The average molecular weight is 279 g/mol. The van der Waals surface area contributed by atoms with Crippen LogP contribution in [0.5, 0.6) is 0 Å². The minimum Gasteiger partial charge on any atom is -0.370 e. The summed E-state index contributed by atoms with van der Waals surface area (Å²) in [5, 5.41) is 6.13. The number of amides is 1. The van der Waals surface area contributed by atoms with E-state index in [9.17, 15) is 4.79 Å². The van der Waals surface area contributed by atoms with Crippen molar-refractivity contribution in [1.82, 2.24) is 10.3 Å². The fourth-order valence-electron chi connectivity index (χ4n) is 2.20. The summed E-state index contributed by atoms with van der Waals surface area (Å²) < 4.78 is 0.259. The maximum absolute atomic E-state index is 12.1. The molecule has 1 aliphatic carbocycles. The van der Waals surface area contributed by atoms with Crippen molar-refractivity contribution in [3.8, 4) is 0 Å². The summed E-state index contributed by atoms with van der Waals surface area (Å²) in [4.78, 5) is 16.4. The fourth-order valence-corrected chi connectivity index (χ4v) is 3.11. The number of nitrogens with one attached hydrogen (secondary N) is 2. The zero-order valence-electron chi connectivity index (χ0n) is 11.5. The Labute approximate surface area is 118 Å². The summed E-state index contributed by atoms with van der Waals surface area (Å²) in [7, 11) is 0. The van der Waals surface area contributed by atoms with Crippen LogP contribution in [0.15, 0.2) is 18.2 Å². The van der Waals surface area contributed by atoms with Gasteiger partial charge in [-0.2, -0.15) is 11.8 Å². The molecule has 1 saturated carbocycles. The Morgan fingerprint density at radius 1 is 1.47 bits per heavy atom. The molecule has 4 nitrogen and oxygen atoms in total. The first kappa shape index (κ1) is 14.2. The van der Waals surface area contributed by atoms with Gasteiger partial charge in [-0.05, 0) is 38.2 Å². The molecule has 0 aliphatic heterocycles. The molecule has 104 valence electrons. The Bertz CT molecular complexity index is 441. The maximum Gasteiger partial charge on any atom is 0.270 e. The van der Waals surface area contributed by atoms with E-state index in [-0.39, 0.29) is 10.7 Å². The predicted octanol–water partition coefficient (Wildman–Crippen LogP) is 2.53. The normalized spacial score (nSPS) is 16.5. The van der Waals surface area contributed by atoms with Gasteiger partial charge in [0.05, 0.1) is 0 Å². The number of carbonyl (C=O) groups excluding carboxylic acids is 1. The number of rotatable bonds is 6. The standard InChI is InChI=1S/C14H21N3OS/c1-3-15-12-7-4-6-11(17-12)13(18)16-10-14(19-2)8-5-9-14/h4,6-7H,3,5,8-10H2,1-2H3,(H,15,17)(H,16,18). The van der Waals surface area contributed by atoms with Gasteiger partial charge in [-0.15, -0.1) is 0 Å². The van der Waals surface area contributed by atoms with E-state index in [1.165, 1.54) is 19.3 Å².